The van der Waals surface area contributed by atoms with Crippen molar-refractivity contribution in [3.63, 3.8) is 0 Å². The predicted molar refractivity (Wildman–Crippen MR) is 72.5 cm³/mol. The van der Waals surface area contributed by atoms with Crippen LogP contribution in [0.1, 0.15) is 12.8 Å². The second-order valence-electron chi connectivity index (χ2n) is 4.40. The molecule has 0 radical (unpaired) electrons. The number of nitrogens with two attached hydrogens (primary N) is 1. The van der Waals surface area contributed by atoms with Crippen molar-refractivity contribution >= 4 is 31.6 Å². The summed E-state index contributed by atoms with van der Waals surface area (Å²) in [7, 11) is -3.79. The molecule has 0 bridgehead atoms. The molecule has 106 valence electrons. The van der Waals surface area contributed by atoms with Crippen LogP contribution in [0.2, 0.25) is 0 Å². The number of anilines is 1. The summed E-state index contributed by atoms with van der Waals surface area (Å²) < 4.78 is 39.6. The highest BCUT2D eigenvalue weighted by molar-refractivity contribution is 9.10. The van der Waals surface area contributed by atoms with Crippen LogP contribution in [0.3, 0.4) is 0 Å². The summed E-state index contributed by atoms with van der Waals surface area (Å²) in [5.74, 6) is -0.675. The molecule has 1 saturated heterocycles. The third kappa shape index (κ3) is 2.62. The Morgan fingerprint density at radius 2 is 2.21 bits per heavy atom. The van der Waals surface area contributed by atoms with Crippen molar-refractivity contribution < 1.29 is 17.9 Å². The topological polar surface area (TPSA) is 83.6 Å². The smallest absolute Gasteiger partial charge is 0.244 e. The highest BCUT2D eigenvalue weighted by Crippen LogP contribution is 2.32. The molecule has 0 spiro atoms. The second-order valence-corrected chi connectivity index (χ2v) is 7.11. The van der Waals surface area contributed by atoms with Gasteiger partial charge in [0.15, 0.2) is 0 Å². The molecule has 1 aliphatic heterocycles. The first-order chi connectivity index (χ1) is 8.87. The van der Waals surface area contributed by atoms with E-state index < -0.39 is 21.9 Å². The molecule has 1 aliphatic rings. The lowest BCUT2D eigenvalue weighted by Crippen LogP contribution is -2.37. The van der Waals surface area contributed by atoms with Crippen molar-refractivity contribution in [3.8, 4) is 0 Å². The highest BCUT2D eigenvalue weighted by Gasteiger charge is 2.36. The molecule has 1 fully saturated rings. The van der Waals surface area contributed by atoms with Gasteiger partial charge in [-0.15, -0.1) is 0 Å². The van der Waals surface area contributed by atoms with Crippen molar-refractivity contribution in [2.24, 2.45) is 0 Å². The molecule has 1 unspecified atom stereocenters. The maximum atomic E-state index is 13.3. The lowest BCUT2D eigenvalue weighted by molar-refractivity contribution is 0.213. The van der Waals surface area contributed by atoms with E-state index in [1.165, 1.54) is 4.31 Å². The van der Waals surface area contributed by atoms with Crippen molar-refractivity contribution in [1.29, 1.82) is 0 Å². The SMILES string of the molecule is Nc1cc(S(=O)(=O)N2CCCC2CO)c(Br)cc1F. The van der Waals surface area contributed by atoms with Crippen LogP contribution in [0.4, 0.5) is 10.1 Å². The zero-order valence-electron chi connectivity index (χ0n) is 10.0. The molecule has 3 N–H and O–H groups in total. The molecule has 1 atom stereocenters. The van der Waals surface area contributed by atoms with E-state index in [1.54, 1.807) is 0 Å². The maximum absolute atomic E-state index is 13.3. The van der Waals surface area contributed by atoms with Gasteiger partial charge in [-0.2, -0.15) is 4.31 Å². The molecule has 1 aromatic carbocycles. The first-order valence-electron chi connectivity index (χ1n) is 5.75. The van der Waals surface area contributed by atoms with Crippen LogP contribution >= 0.6 is 15.9 Å². The fourth-order valence-corrected chi connectivity index (χ4v) is 4.87. The minimum absolute atomic E-state index is 0.0771. The van der Waals surface area contributed by atoms with Gasteiger partial charge in [-0.3, -0.25) is 0 Å². The molecule has 8 heteroatoms. The monoisotopic (exact) mass is 352 g/mol. The fourth-order valence-electron chi connectivity index (χ4n) is 2.18. The first kappa shape index (κ1) is 14.7. The Hall–Kier alpha value is -0.700. The summed E-state index contributed by atoms with van der Waals surface area (Å²) in [5.41, 5.74) is 5.20. The van der Waals surface area contributed by atoms with Crippen LogP contribution in [0.25, 0.3) is 0 Å². The van der Waals surface area contributed by atoms with E-state index in [0.717, 1.165) is 12.1 Å². The lowest BCUT2D eigenvalue weighted by Gasteiger charge is -2.23. The van der Waals surface area contributed by atoms with E-state index in [1.807, 2.05) is 0 Å². The van der Waals surface area contributed by atoms with Gasteiger partial charge in [0.05, 0.1) is 17.2 Å². The standard InChI is InChI=1S/C11H14BrFN2O3S/c12-8-4-9(13)10(14)5-11(8)19(17,18)15-3-1-2-7(15)6-16/h4-5,7,16H,1-3,6,14H2. The van der Waals surface area contributed by atoms with Gasteiger partial charge in [0.2, 0.25) is 10.0 Å². The zero-order valence-corrected chi connectivity index (χ0v) is 12.4. The summed E-state index contributed by atoms with van der Waals surface area (Å²) in [6.07, 6.45) is 1.31. The van der Waals surface area contributed by atoms with Gasteiger partial charge in [0, 0.05) is 17.1 Å². The van der Waals surface area contributed by atoms with Gasteiger partial charge in [0.1, 0.15) is 5.82 Å². The van der Waals surface area contributed by atoms with E-state index in [9.17, 15) is 17.9 Å². The van der Waals surface area contributed by atoms with Gasteiger partial charge in [0.25, 0.3) is 0 Å². The number of hydrogen-bond acceptors (Lipinski definition) is 4. The van der Waals surface area contributed by atoms with Crippen molar-refractivity contribution in [1.82, 2.24) is 4.31 Å². The fraction of sp³-hybridized carbons (Fsp3) is 0.455. The minimum Gasteiger partial charge on any atom is -0.396 e. The van der Waals surface area contributed by atoms with Crippen LogP contribution in [-0.4, -0.2) is 37.0 Å². The number of nitrogens with zero attached hydrogens (tertiary/aromatic N) is 1. The Morgan fingerprint density at radius 3 is 2.84 bits per heavy atom. The summed E-state index contributed by atoms with van der Waals surface area (Å²) in [5, 5.41) is 9.21. The number of aliphatic hydroxyl groups is 1. The maximum Gasteiger partial charge on any atom is 0.244 e. The molecule has 0 aliphatic carbocycles. The van der Waals surface area contributed by atoms with E-state index in [0.29, 0.717) is 19.4 Å². The zero-order chi connectivity index (χ0) is 14.2. The highest BCUT2D eigenvalue weighted by atomic mass is 79.9. The van der Waals surface area contributed by atoms with E-state index in [4.69, 9.17) is 5.73 Å². The summed E-state index contributed by atoms with van der Waals surface area (Å²) in [4.78, 5) is -0.0771. The Kier molecular flexibility index (Phi) is 4.14. The number of aliphatic hydroxyl groups excluding tert-OH is 1. The molecule has 0 saturated carbocycles. The summed E-state index contributed by atoms with van der Waals surface area (Å²) in [6.45, 7) is 0.116. The van der Waals surface area contributed by atoms with Gasteiger partial charge in [-0.1, -0.05) is 0 Å². The van der Waals surface area contributed by atoms with E-state index >= 15 is 0 Å². The van der Waals surface area contributed by atoms with E-state index in [2.05, 4.69) is 15.9 Å². The average molecular weight is 353 g/mol. The number of sulfonamides is 1. The van der Waals surface area contributed by atoms with Crippen molar-refractivity contribution in [3.05, 3.63) is 22.4 Å². The largest absolute Gasteiger partial charge is 0.396 e. The number of nitrogen functional groups attached to an aromatic ring is 1. The molecule has 0 amide bonds. The third-order valence-corrected chi connectivity index (χ3v) is 6.08. The Balaban J connectivity index is 2.48. The van der Waals surface area contributed by atoms with Gasteiger partial charge in [-0.25, -0.2) is 12.8 Å². The Labute approximate surface area is 119 Å². The minimum atomic E-state index is -3.79. The van der Waals surface area contributed by atoms with Crippen LogP contribution in [0.5, 0.6) is 0 Å². The Morgan fingerprint density at radius 1 is 1.53 bits per heavy atom. The van der Waals surface area contributed by atoms with Crippen LogP contribution in [-0.2, 0) is 10.0 Å². The number of hydrogen-bond donors (Lipinski definition) is 2. The van der Waals surface area contributed by atoms with Gasteiger partial charge < -0.3 is 10.8 Å². The van der Waals surface area contributed by atoms with Crippen molar-refractivity contribution in [2.75, 3.05) is 18.9 Å². The van der Waals surface area contributed by atoms with E-state index in [-0.39, 0.29) is 21.7 Å². The van der Waals surface area contributed by atoms with Crippen LogP contribution in [0, 0.1) is 5.82 Å². The average Bonchev–Trinajstić information content (AvgIpc) is 2.82. The normalized spacial score (nSPS) is 20.9. The summed E-state index contributed by atoms with van der Waals surface area (Å²) in [6, 6.07) is 1.71. The first-order valence-corrected chi connectivity index (χ1v) is 7.98. The van der Waals surface area contributed by atoms with Crippen LogP contribution in [0.15, 0.2) is 21.5 Å². The number of rotatable bonds is 3. The molecule has 1 aromatic rings. The number of benzene rings is 1. The predicted octanol–water partition coefficient (Wildman–Crippen LogP) is 1.32. The van der Waals surface area contributed by atoms with Crippen molar-refractivity contribution in [2.45, 2.75) is 23.8 Å². The van der Waals surface area contributed by atoms with Crippen LogP contribution < -0.4 is 5.73 Å². The molecular weight excluding hydrogens is 339 g/mol. The molecule has 1 heterocycles. The van der Waals surface area contributed by atoms with Gasteiger partial charge >= 0.3 is 0 Å². The van der Waals surface area contributed by atoms with Gasteiger partial charge in [-0.05, 0) is 40.9 Å². The molecule has 5 nitrogen and oxygen atoms in total. The quantitative estimate of drug-likeness (QED) is 0.803. The Bertz CT molecular complexity index is 594. The molecular formula is C11H14BrFN2O3S. The molecule has 2 rings (SSSR count). The summed E-state index contributed by atoms with van der Waals surface area (Å²) >= 11 is 3.04. The lowest BCUT2D eigenvalue weighted by atomic mass is 10.2. The third-order valence-electron chi connectivity index (χ3n) is 3.17. The molecule has 19 heavy (non-hydrogen) atoms. The number of halogens is 2. The molecule has 0 aromatic heterocycles. The second kappa shape index (κ2) is 5.35.